The summed E-state index contributed by atoms with van der Waals surface area (Å²) in [5.41, 5.74) is 0.233. The van der Waals surface area contributed by atoms with Gasteiger partial charge in [0.25, 0.3) is 5.91 Å². The first-order valence-corrected chi connectivity index (χ1v) is 5.22. The molecule has 1 aromatic carbocycles. The van der Waals surface area contributed by atoms with Gasteiger partial charge in [0, 0.05) is 18.0 Å². The first kappa shape index (κ1) is 10.8. The molecular formula is C10H7BrFN3O. The number of amides is 1. The minimum absolute atomic E-state index is 0.233. The molecule has 2 rings (SSSR count). The van der Waals surface area contributed by atoms with Crippen molar-refractivity contribution in [1.29, 1.82) is 0 Å². The number of carbonyl (C=O) groups excluding carboxylic acids is 1. The van der Waals surface area contributed by atoms with Crippen molar-refractivity contribution in [2.24, 2.45) is 0 Å². The molecule has 0 saturated heterocycles. The van der Waals surface area contributed by atoms with Crippen LogP contribution in [0.4, 0.5) is 10.3 Å². The smallest absolute Gasteiger partial charge is 0.258 e. The topological polar surface area (TPSA) is 57.8 Å². The molecule has 0 atom stereocenters. The van der Waals surface area contributed by atoms with Crippen LogP contribution >= 0.6 is 15.9 Å². The average molecular weight is 284 g/mol. The van der Waals surface area contributed by atoms with Crippen molar-refractivity contribution in [3.63, 3.8) is 0 Å². The van der Waals surface area contributed by atoms with Crippen LogP contribution < -0.4 is 5.32 Å². The molecule has 0 bridgehead atoms. The van der Waals surface area contributed by atoms with Crippen molar-refractivity contribution in [3.05, 3.63) is 46.4 Å². The number of benzene rings is 1. The standard InChI is InChI=1S/C10H7BrFN3O/c11-7-2-1-6(5-8(7)12)9(16)15-10-13-3-4-14-10/h1-5H,(H2,13,14,15,16). The minimum atomic E-state index is -0.480. The zero-order valence-electron chi connectivity index (χ0n) is 8.00. The quantitative estimate of drug-likeness (QED) is 0.890. The molecular weight excluding hydrogens is 277 g/mol. The maximum absolute atomic E-state index is 13.2. The monoisotopic (exact) mass is 283 g/mol. The number of carbonyl (C=O) groups is 1. The second-order valence-corrected chi connectivity index (χ2v) is 3.88. The number of rotatable bonds is 2. The average Bonchev–Trinajstić information content (AvgIpc) is 2.74. The maximum Gasteiger partial charge on any atom is 0.258 e. The lowest BCUT2D eigenvalue weighted by molar-refractivity contribution is 0.102. The normalized spacial score (nSPS) is 10.1. The molecule has 0 saturated carbocycles. The van der Waals surface area contributed by atoms with E-state index >= 15 is 0 Å². The van der Waals surface area contributed by atoms with E-state index in [2.05, 4.69) is 31.2 Å². The Bertz CT molecular complexity index is 513. The van der Waals surface area contributed by atoms with Crippen LogP contribution in [0.15, 0.2) is 35.1 Å². The second kappa shape index (κ2) is 4.44. The molecule has 1 aromatic heterocycles. The van der Waals surface area contributed by atoms with Crippen LogP contribution in [0.25, 0.3) is 0 Å². The fourth-order valence-electron chi connectivity index (χ4n) is 1.15. The summed E-state index contributed by atoms with van der Waals surface area (Å²) in [7, 11) is 0. The molecule has 0 unspecified atom stereocenters. The van der Waals surface area contributed by atoms with Gasteiger partial charge in [-0.05, 0) is 34.1 Å². The molecule has 4 nitrogen and oxygen atoms in total. The Hall–Kier alpha value is -1.69. The molecule has 1 amide bonds. The predicted octanol–water partition coefficient (Wildman–Crippen LogP) is 2.56. The molecule has 16 heavy (non-hydrogen) atoms. The van der Waals surface area contributed by atoms with Crippen molar-refractivity contribution in [2.75, 3.05) is 5.32 Å². The van der Waals surface area contributed by atoms with Crippen molar-refractivity contribution in [1.82, 2.24) is 9.97 Å². The molecule has 0 aliphatic rings. The third-order valence-electron chi connectivity index (χ3n) is 1.91. The summed E-state index contributed by atoms with van der Waals surface area (Å²) in [6.07, 6.45) is 3.09. The van der Waals surface area contributed by atoms with E-state index in [9.17, 15) is 9.18 Å². The SMILES string of the molecule is O=C(Nc1ncc[nH]1)c1ccc(Br)c(F)c1. The number of aromatic amines is 1. The predicted molar refractivity (Wildman–Crippen MR) is 60.6 cm³/mol. The maximum atomic E-state index is 13.2. The largest absolute Gasteiger partial charge is 0.331 e. The Morgan fingerprint density at radius 1 is 1.50 bits per heavy atom. The van der Waals surface area contributed by atoms with Gasteiger partial charge in [0.1, 0.15) is 5.82 Å². The zero-order chi connectivity index (χ0) is 11.5. The van der Waals surface area contributed by atoms with Gasteiger partial charge in [-0.15, -0.1) is 0 Å². The number of hydrogen-bond acceptors (Lipinski definition) is 2. The van der Waals surface area contributed by atoms with E-state index in [0.29, 0.717) is 10.4 Å². The molecule has 82 valence electrons. The van der Waals surface area contributed by atoms with E-state index in [1.807, 2.05) is 0 Å². The summed E-state index contributed by atoms with van der Waals surface area (Å²) >= 11 is 3.01. The van der Waals surface area contributed by atoms with Crippen molar-refractivity contribution in [2.45, 2.75) is 0 Å². The summed E-state index contributed by atoms with van der Waals surface area (Å²) in [6, 6.07) is 4.15. The summed E-state index contributed by atoms with van der Waals surface area (Å²) < 4.78 is 13.5. The van der Waals surface area contributed by atoms with Crippen LogP contribution in [0.3, 0.4) is 0 Å². The number of aromatic nitrogens is 2. The summed E-state index contributed by atoms with van der Waals surface area (Å²) in [5.74, 6) is -0.568. The van der Waals surface area contributed by atoms with E-state index in [4.69, 9.17) is 0 Å². The fourth-order valence-corrected chi connectivity index (χ4v) is 1.40. The third-order valence-corrected chi connectivity index (χ3v) is 2.56. The minimum Gasteiger partial charge on any atom is -0.331 e. The van der Waals surface area contributed by atoms with Crippen LogP contribution in [0.2, 0.25) is 0 Å². The number of halogens is 2. The van der Waals surface area contributed by atoms with Crippen LogP contribution in [0.5, 0.6) is 0 Å². The lowest BCUT2D eigenvalue weighted by Crippen LogP contribution is -2.13. The van der Waals surface area contributed by atoms with Crippen molar-refractivity contribution < 1.29 is 9.18 Å². The lowest BCUT2D eigenvalue weighted by atomic mass is 10.2. The fraction of sp³-hybridized carbons (Fsp3) is 0. The number of nitrogens with one attached hydrogen (secondary N) is 2. The highest BCUT2D eigenvalue weighted by atomic mass is 79.9. The van der Waals surface area contributed by atoms with Gasteiger partial charge in [0.15, 0.2) is 0 Å². The van der Waals surface area contributed by atoms with E-state index in [1.165, 1.54) is 18.3 Å². The van der Waals surface area contributed by atoms with Gasteiger partial charge in [-0.1, -0.05) is 0 Å². The molecule has 6 heteroatoms. The highest BCUT2D eigenvalue weighted by Gasteiger charge is 2.09. The Labute approximate surface area is 99.0 Å². The van der Waals surface area contributed by atoms with Gasteiger partial charge in [0.05, 0.1) is 4.47 Å². The number of nitrogens with zero attached hydrogens (tertiary/aromatic N) is 1. The summed E-state index contributed by atoms with van der Waals surface area (Å²) in [6.45, 7) is 0. The van der Waals surface area contributed by atoms with Crippen LogP contribution in [0, 0.1) is 5.82 Å². The lowest BCUT2D eigenvalue weighted by Gasteiger charge is -2.02. The van der Waals surface area contributed by atoms with Gasteiger partial charge in [-0.25, -0.2) is 9.37 Å². The molecule has 0 radical (unpaired) electrons. The molecule has 0 aliphatic heterocycles. The first-order chi connectivity index (χ1) is 7.66. The Balaban J connectivity index is 2.18. The van der Waals surface area contributed by atoms with Gasteiger partial charge >= 0.3 is 0 Å². The second-order valence-electron chi connectivity index (χ2n) is 3.02. The Morgan fingerprint density at radius 3 is 2.94 bits per heavy atom. The number of imidazole rings is 1. The van der Waals surface area contributed by atoms with Gasteiger partial charge in [-0.3, -0.25) is 10.1 Å². The van der Waals surface area contributed by atoms with Crippen LogP contribution in [-0.2, 0) is 0 Å². The van der Waals surface area contributed by atoms with Crippen LogP contribution in [-0.4, -0.2) is 15.9 Å². The number of anilines is 1. The molecule has 0 fully saturated rings. The van der Waals surface area contributed by atoms with Gasteiger partial charge < -0.3 is 4.98 Å². The van der Waals surface area contributed by atoms with Crippen molar-refractivity contribution in [3.8, 4) is 0 Å². The van der Waals surface area contributed by atoms with Gasteiger partial charge in [0.2, 0.25) is 5.95 Å². The number of H-pyrrole nitrogens is 1. The molecule has 1 heterocycles. The summed E-state index contributed by atoms with van der Waals surface area (Å²) in [4.78, 5) is 18.2. The molecule has 0 spiro atoms. The van der Waals surface area contributed by atoms with Crippen LogP contribution in [0.1, 0.15) is 10.4 Å². The van der Waals surface area contributed by atoms with E-state index in [1.54, 1.807) is 6.20 Å². The zero-order valence-corrected chi connectivity index (χ0v) is 9.58. The van der Waals surface area contributed by atoms with E-state index in [-0.39, 0.29) is 5.56 Å². The van der Waals surface area contributed by atoms with Gasteiger partial charge in [-0.2, -0.15) is 0 Å². The summed E-state index contributed by atoms with van der Waals surface area (Å²) in [5, 5.41) is 2.50. The molecule has 2 aromatic rings. The Kier molecular flexibility index (Phi) is 3.00. The number of hydrogen-bond donors (Lipinski definition) is 2. The molecule has 2 N–H and O–H groups in total. The third kappa shape index (κ3) is 2.27. The first-order valence-electron chi connectivity index (χ1n) is 4.42. The van der Waals surface area contributed by atoms with E-state index in [0.717, 1.165) is 6.07 Å². The highest BCUT2D eigenvalue weighted by molar-refractivity contribution is 9.10. The molecule has 0 aliphatic carbocycles. The highest BCUT2D eigenvalue weighted by Crippen LogP contribution is 2.16. The Morgan fingerprint density at radius 2 is 2.31 bits per heavy atom. The van der Waals surface area contributed by atoms with Crippen molar-refractivity contribution >= 4 is 27.8 Å². The van der Waals surface area contributed by atoms with E-state index < -0.39 is 11.7 Å².